The number of hydrogen-bond donors (Lipinski definition) is 3. The molecular weight excluding hydrogens is 528 g/mol. The quantitative estimate of drug-likeness (QED) is 0.308. The second kappa shape index (κ2) is 13.2. The first-order chi connectivity index (χ1) is 18.9. The first-order valence-electron chi connectivity index (χ1n) is 12.1. The Balaban J connectivity index is 0.000000302. The Labute approximate surface area is 228 Å². The number of hydrogen-bond acceptors (Lipinski definition) is 9. The number of halogens is 2. The third-order valence-corrected chi connectivity index (χ3v) is 5.95. The number of ether oxygens (including phenoxy) is 2. The molecule has 1 saturated carbocycles. The zero-order chi connectivity index (χ0) is 29.6. The molecule has 0 heterocycles. The van der Waals surface area contributed by atoms with E-state index in [1.165, 1.54) is 30.3 Å². The van der Waals surface area contributed by atoms with Gasteiger partial charge in [-0.15, -0.1) is 0 Å². The lowest BCUT2D eigenvalue weighted by Crippen LogP contribution is -2.43. The van der Waals surface area contributed by atoms with Crippen LogP contribution in [-0.4, -0.2) is 52.3 Å². The minimum atomic E-state index is -2.41. The van der Waals surface area contributed by atoms with Crippen LogP contribution in [0, 0.1) is 25.5 Å². The van der Waals surface area contributed by atoms with E-state index in [1.54, 1.807) is 44.2 Å². The van der Waals surface area contributed by atoms with Gasteiger partial charge in [0.2, 0.25) is 0 Å². The van der Waals surface area contributed by atoms with E-state index in [2.05, 4.69) is 9.47 Å². The van der Waals surface area contributed by atoms with Crippen LogP contribution in [0.15, 0.2) is 66.7 Å². The van der Waals surface area contributed by atoms with Gasteiger partial charge in [-0.25, -0.2) is 28.0 Å². The highest BCUT2D eigenvalue weighted by Crippen LogP contribution is 2.39. The molecule has 2 unspecified atom stereocenters. The van der Waals surface area contributed by atoms with Crippen LogP contribution in [0.25, 0.3) is 0 Å². The lowest BCUT2D eigenvalue weighted by molar-refractivity contribution is -0.166. The predicted octanol–water partition coefficient (Wildman–Crippen LogP) is 2.87. The highest BCUT2D eigenvalue weighted by Gasteiger charge is 2.36. The van der Waals surface area contributed by atoms with Gasteiger partial charge in [0.1, 0.15) is 0 Å². The average molecular weight is 556 g/mol. The van der Waals surface area contributed by atoms with Crippen molar-refractivity contribution in [2.24, 2.45) is 5.73 Å². The number of aliphatic hydroxyl groups is 2. The normalized spacial score (nSPS) is 17.0. The van der Waals surface area contributed by atoms with E-state index >= 15 is 0 Å². The standard InChI is InChI=1S/C20H18O8.C9H9F2N/c1-11-3-7-13(8-4-11)17(23)27-19(25)15(21)16(22)20(26)28-18(24)14-9-5-12(2)6-10-14;10-7-2-1-5(3-8(7)11)6-4-9(6)12/h3-10,15-16,21-22H,1-2H3;1-3,6,9H,4,12H2/t;6-,9+/m.0/s1. The number of carbonyl (C=O) groups excluding carboxylic acids is 4. The summed E-state index contributed by atoms with van der Waals surface area (Å²) in [5.41, 5.74) is 8.21. The molecule has 11 heteroatoms. The monoisotopic (exact) mass is 555 g/mol. The van der Waals surface area contributed by atoms with E-state index < -0.39 is 47.7 Å². The van der Waals surface area contributed by atoms with E-state index in [-0.39, 0.29) is 23.1 Å². The van der Waals surface area contributed by atoms with Crippen molar-refractivity contribution in [3.8, 4) is 0 Å². The Bertz CT molecular complexity index is 1320. The van der Waals surface area contributed by atoms with Crippen LogP contribution in [0.3, 0.4) is 0 Å². The Hall–Kier alpha value is -4.32. The molecule has 0 amide bonds. The van der Waals surface area contributed by atoms with Crippen molar-refractivity contribution in [2.75, 3.05) is 0 Å². The average Bonchev–Trinajstić information content (AvgIpc) is 3.66. The second-order valence-electron chi connectivity index (χ2n) is 9.22. The van der Waals surface area contributed by atoms with Gasteiger partial charge in [0.05, 0.1) is 11.1 Å². The Morgan fingerprint density at radius 3 is 1.50 bits per heavy atom. The molecule has 0 spiro atoms. The minimum absolute atomic E-state index is 0.0396. The van der Waals surface area contributed by atoms with Crippen LogP contribution in [0.4, 0.5) is 8.78 Å². The summed E-state index contributed by atoms with van der Waals surface area (Å²) < 4.78 is 34.0. The summed E-state index contributed by atoms with van der Waals surface area (Å²) in [7, 11) is 0. The number of benzene rings is 3. The molecule has 0 saturated heterocycles. The Morgan fingerprint density at radius 2 is 1.15 bits per heavy atom. The maximum Gasteiger partial charge on any atom is 0.346 e. The molecule has 1 fully saturated rings. The molecule has 210 valence electrons. The molecule has 0 radical (unpaired) electrons. The summed E-state index contributed by atoms with van der Waals surface area (Å²) >= 11 is 0. The zero-order valence-electron chi connectivity index (χ0n) is 21.5. The second-order valence-corrected chi connectivity index (χ2v) is 9.22. The Morgan fingerprint density at radius 1 is 0.750 bits per heavy atom. The highest BCUT2D eigenvalue weighted by molar-refractivity contribution is 6.01. The van der Waals surface area contributed by atoms with Gasteiger partial charge in [0.25, 0.3) is 0 Å². The van der Waals surface area contributed by atoms with Crippen LogP contribution < -0.4 is 5.73 Å². The SMILES string of the molecule is Cc1ccc(C(=O)OC(=O)C(O)C(O)C(=O)OC(=O)c2ccc(C)cc2)cc1.N[C@@H]1C[C@H]1c1ccc(F)c(F)c1. The van der Waals surface area contributed by atoms with Crippen molar-refractivity contribution in [3.05, 3.63) is 106 Å². The van der Waals surface area contributed by atoms with Crippen molar-refractivity contribution in [3.63, 3.8) is 0 Å². The predicted molar refractivity (Wildman–Crippen MR) is 137 cm³/mol. The molecule has 0 aromatic heterocycles. The van der Waals surface area contributed by atoms with Crippen LogP contribution in [0.5, 0.6) is 0 Å². The van der Waals surface area contributed by atoms with Crippen LogP contribution in [-0.2, 0) is 19.1 Å². The first-order valence-corrected chi connectivity index (χ1v) is 12.1. The molecule has 1 aliphatic rings. The fraction of sp³-hybridized carbons (Fsp3) is 0.241. The summed E-state index contributed by atoms with van der Waals surface area (Å²) in [4.78, 5) is 47.3. The third kappa shape index (κ3) is 8.09. The number of rotatable bonds is 6. The molecule has 3 aromatic rings. The maximum atomic E-state index is 12.7. The van der Waals surface area contributed by atoms with Crippen molar-refractivity contribution in [1.29, 1.82) is 0 Å². The van der Waals surface area contributed by atoms with E-state index in [1.807, 2.05) is 0 Å². The molecule has 4 rings (SSSR count). The molecule has 4 atom stereocenters. The molecule has 3 aromatic carbocycles. The summed E-state index contributed by atoms with van der Waals surface area (Å²) in [5, 5.41) is 19.5. The van der Waals surface area contributed by atoms with Crippen molar-refractivity contribution in [1.82, 2.24) is 0 Å². The van der Waals surface area contributed by atoms with E-state index in [4.69, 9.17) is 5.73 Å². The van der Waals surface area contributed by atoms with Gasteiger partial charge in [-0.1, -0.05) is 41.5 Å². The fourth-order valence-corrected chi connectivity index (χ4v) is 3.40. The van der Waals surface area contributed by atoms with E-state index in [0.717, 1.165) is 29.2 Å². The van der Waals surface area contributed by atoms with Gasteiger partial charge >= 0.3 is 23.9 Å². The van der Waals surface area contributed by atoms with Crippen LogP contribution in [0.1, 0.15) is 49.7 Å². The largest absolute Gasteiger partial charge is 0.387 e. The third-order valence-electron chi connectivity index (χ3n) is 5.95. The van der Waals surface area contributed by atoms with Gasteiger partial charge in [-0.3, -0.25) is 0 Å². The molecule has 40 heavy (non-hydrogen) atoms. The molecule has 0 bridgehead atoms. The van der Waals surface area contributed by atoms with E-state index in [0.29, 0.717) is 0 Å². The van der Waals surface area contributed by atoms with Crippen molar-refractivity contribution in [2.45, 2.75) is 44.4 Å². The molecule has 9 nitrogen and oxygen atoms in total. The number of aryl methyl sites for hydroxylation is 2. The summed E-state index contributed by atoms with van der Waals surface area (Å²) in [5.74, 6) is -6.60. The topological polar surface area (TPSA) is 153 Å². The number of carbonyl (C=O) groups is 4. The Kier molecular flexibility index (Phi) is 9.94. The molecule has 1 aliphatic carbocycles. The number of nitrogens with two attached hydrogens (primary N) is 1. The van der Waals surface area contributed by atoms with E-state index in [9.17, 15) is 38.2 Å². The number of aliphatic hydroxyl groups excluding tert-OH is 2. The lowest BCUT2D eigenvalue weighted by Gasteiger charge is -2.14. The smallest absolute Gasteiger partial charge is 0.346 e. The zero-order valence-corrected chi connectivity index (χ0v) is 21.5. The highest BCUT2D eigenvalue weighted by atomic mass is 19.2. The van der Waals surface area contributed by atoms with Gasteiger partial charge in [0.15, 0.2) is 23.8 Å². The summed E-state index contributed by atoms with van der Waals surface area (Å²) in [6.07, 6.45) is -3.94. The van der Waals surface area contributed by atoms with Crippen LogP contribution in [0.2, 0.25) is 0 Å². The minimum Gasteiger partial charge on any atom is -0.387 e. The van der Waals surface area contributed by atoms with Gasteiger partial charge in [-0.2, -0.15) is 0 Å². The first kappa shape index (κ1) is 30.2. The van der Waals surface area contributed by atoms with Crippen molar-refractivity contribution >= 4 is 23.9 Å². The summed E-state index contributed by atoms with van der Waals surface area (Å²) in [6.45, 7) is 3.59. The maximum absolute atomic E-state index is 12.7. The van der Waals surface area contributed by atoms with Gasteiger partial charge in [-0.05, 0) is 62.2 Å². The van der Waals surface area contributed by atoms with Gasteiger partial charge < -0.3 is 25.4 Å². The molecule has 4 N–H and O–H groups in total. The molecule has 0 aliphatic heterocycles. The van der Waals surface area contributed by atoms with Crippen molar-refractivity contribution < 1.29 is 47.6 Å². The fourth-order valence-electron chi connectivity index (χ4n) is 3.40. The number of esters is 4. The summed E-state index contributed by atoms with van der Waals surface area (Å²) in [6, 6.07) is 16.2. The lowest BCUT2D eigenvalue weighted by atomic mass is 10.1. The van der Waals surface area contributed by atoms with Gasteiger partial charge in [0, 0.05) is 12.0 Å². The van der Waals surface area contributed by atoms with Crippen LogP contribution >= 0.6 is 0 Å². The molecular formula is C29H27F2NO8.